The van der Waals surface area contributed by atoms with Crippen LogP contribution < -0.4 is 5.32 Å². The number of pyridine rings is 2. The highest BCUT2D eigenvalue weighted by atomic mass is 16.6. The molecule has 2 heterocycles. The number of aryl methyl sites for hydroxylation is 1. The Kier molecular flexibility index (Phi) is 4.86. The molecule has 28 heavy (non-hydrogen) atoms. The number of rotatable bonds is 5. The van der Waals surface area contributed by atoms with E-state index in [1.54, 1.807) is 19.1 Å². The first-order chi connectivity index (χ1) is 13.3. The molecule has 0 saturated carbocycles. The zero-order chi connectivity index (χ0) is 20.4. The van der Waals surface area contributed by atoms with Crippen LogP contribution in [0.15, 0.2) is 36.4 Å². The van der Waals surface area contributed by atoms with Crippen LogP contribution in [-0.4, -0.2) is 43.5 Å². The molecule has 142 valence electrons. The molecule has 1 amide bonds. The van der Waals surface area contributed by atoms with Crippen LogP contribution in [0.4, 0.5) is 5.69 Å². The highest BCUT2D eigenvalue weighted by Gasteiger charge is 2.19. The molecular weight excluding hydrogens is 368 g/mol. The number of fused-ring (bicyclic) bond motifs is 1. The number of non-ortho nitro benzene ring substituents is 1. The number of carboxylic acids is 1. The summed E-state index contributed by atoms with van der Waals surface area (Å²) in [6.45, 7) is 0.973. The van der Waals surface area contributed by atoms with Gasteiger partial charge in [-0.1, -0.05) is 12.1 Å². The van der Waals surface area contributed by atoms with Crippen molar-refractivity contribution in [1.82, 2.24) is 15.3 Å². The summed E-state index contributed by atoms with van der Waals surface area (Å²) in [6.07, 6.45) is 0. The number of aromatic hydroxyl groups is 1. The summed E-state index contributed by atoms with van der Waals surface area (Å²) in [6, 6.07) is 9.03. The van der Waals surface area contributed by atoms with E-state index in [0.717, 1.165) is 0 Å². The number of nitro benzene ring substituents is 1. The lowest BCUT2D eigenvalue weighted by Crippen LogP contribution is -2.30. The molecule has 3 aromatic rings. The lowest BCUT2D eigenvalue weighted by Gasteiger charge is -2.10. The van der Waals surface area contributed by atoms with Crippen molar-refractivity contribution >= 4 is 28.5 Å². The van der Waals surface area contributed by atoms with Gasteiger partial charge in [0, 0.05) is 23.1 Å². The van der Waals surface area contributed by atoms with Gasteiger partial charge >= 0.3 is 5.97 Å². The molecule has 10 nitrogen and oxygen atoms in total. The summed E-state index contributed by atoms with van der Waals surface area (Å²) in [7, 11) is 0. The van der Waals surface area contributed by atoms with Crippen molar-refractivity contribution < 1.29 is 24.7 Å². The van der Waals surface area contributed by atoms with Gasteiger partial charge < -0.3 is 15.5 Å². The molecule has 0 aliphatic heterocycles. The Morgan fingerprint density at radius 3 is 2.64 bits per heavy atom. The maximum Gasteiger partial charge on any atom is 0.322 e. The van der Waals surface area contributed by atoms with Crippen molar-refractivity contribution in [2.24, 2.45) is 0 Å². The van der Waals surface area contributed by atoms with Crippen molar-refractivity contribution in [2.45, 2.75) is 6.92 Å². The van der Waals surface area contributed by atoms with Gasteiger partial charge in [-0.3, -0.25) is 19.7 Å². The van der Waals surface area contributed by atoms with Crippen LogP contribution in [0.2, 0.25) is 0 Å². The number of nitrogens with zero attached hydrogens (tertiary/aromatic N) is 3. The van der Waals surface area contributed by atoms with E-state index in [1.165, 1.54) is 24.3 Å². The molecular formula is C18H14N4O6. The lowest BCUT2D eigenvalue weighted by atomic mass is 10.1. The minimum atomic E-state index is -1.23. The average Bonchev–Trinajstić information content (AvgIpc) is 2.68. The number of benzene rings is 1. The smallest absolute Gasteiger partial charge is 0.322 e. The van der Waals surface area contributed by atoms with Gasteiger partial charge in [-0.05, 0) is 19.1 Å². The molecule has 1 aromatic carbocycles. The summed E-state index contributed by atoms with van der Waals surface area (Å²) in [4.78, 5) is 41.6. The maximum absolute atomic E-state index is 12.1. The molecule has 0 fully saturated rings. The first-order valence-electron chi connectivity index (χ1n) is 8.03. The number of carbonyl (C=O) groups excluding carboxylic acids is 1. The number of aliphatic carboxylic acids is 1. The molecule has 0 bridgehead atoms. The van der Waals surface area contributed by atoms with Crippen LogP contribution in [0.5, 0.6) is 5.75 Å². The molecule has 2 aromatic heterocycles. The highest BCUT2D eigenvalue weighted by Crippen LogP contribution is 2.31. The second kappa shape index (κ2) is 7.27. The third-order valence-electron chi connectivity index (χ3n) is 3.96. The SMILES string of the molecule is Cc1nc(C(=O)NCC(=O)O)c(O)c2ccc(-c3cccc([N+](=O)[O-])c3)nc12. The number of hydrogen-bond acceptors (Lipinski definition) is 7. The monoisotopic (exact) mass is 382 g/mol. The number of amides is 1. The Morgan fingerprint density at radius 1 is 1.21 bits per heavy atom. The topological polar surface area (TPSA) is 156 Å². The van der Waals surface area contributed by atoms with Gasteiger partial charge in [0.1, 0.15) is 6.54 Å². The predicted octanol–water partition coefficient (Wildman–Crippen LogP) is 2.03. The summed E-state index contributed by atoms with van der Waals surface area (Å²) in [5.41, 5.74) is 1.21. The number of carbonyl (C=O) groups is 2. The molecule has 0 radical (unpaired) electrons. The van der Waals surface area contributed by atoms with Crippen LogP contribution in [0.25, 0.3) is 22.2 Å². The fraction of sp³-hybridized carbons (Fsp3) is 0.111. The first kappa shape index (κ1) is 18.7. The third-order valence-corrected chi connectivity index (χ3v) is 3.96. The Bertz CT molecular complexity index is 1130. The fourth-order valence-corrected chi connectivity index (χ4v) is 2.66. The molecule has 3 rings (SSSR count). The summed E-state index contributed by atoms with van der Waals surface area (Å²) in [5, 5.41) is 32.4. The second-order valence-corrected chi connectivity index (χ2v) is 5.87. The van der Waals surface area contributed by atoms with E-state index in [1.807, 2.05) is 0 Å². The largest absolute Gasteiger partial charge is 0.505 e. The second-order valence-electron chi connectivity index (χ2n) is 5.87. The van der Waals surface area contributed by atoms with Gasteiger partial charge in [0.15, 0.2) is 11.4 Å². The van der Waals surface area contributed by atoms with E-state index in [9.17, 15) is 24.8 Å². The normalized spacial score (nSPS) is 10.6. The van der Waals surface area contributed by atoms with Crippen LogP contribution in [0, 0.1) is 17.0 Å². The lowest BCUT2D eigenvalue weighted by molar-refractivity contribution is -0.384. The predicted molar refractivity (Wildman–Crippen MR) is 98.0 cm³/mol. The summed E-state index contributed by atoms with van der Waals surface area (Å²) in [5.74, 6) is -2.48. The molecule has 0 atom stereocenters. The van der Waals surface area contributed by atoms with E-state index < -0.39 is 29.1 Å². The van der Waals surface area contributed by atoms with E-state index in [4.69, 9.17) is 5.11 Å². The van der Waals surface area contributed by atoms with E-state index in [-0.39, 0.29) is 16.8 Å². The van der Waals surface area contributed by atoms with Crippen LogP contribution in [0.3, 0.4) is 0 Å². The number of carboxylic acid groups (broad SMARTS) is 1. The van der Waals surface area contributed by atoms with Gasteiger partial charge in [0.2, 0.25) is 0 Å². The van der Waals surface area contributed by atoms with E-state index >= 15 is 0 Å². The standard InChI is InChI=1S/C18H14N4O6/c1-9-15-12(17(25)16(20-9)18(26)19-8-14(23)24)5-6-13(21-15)10-3-2-4-11(7-10)22(27)28/h2-7,25H,8H2,1H3,(H,19,26)(H,23,24). The van der Waals surface area contributed by atoms with Crippen LogP contribution >= 0.6 is 0 Å². The average molecular weight is 382 g/mol. The molecule has 0 spiro atoms. The van der Waals surface area contributed by atoms with Crippen LogP contribution in [-0.2, 0) is 4.79 Å². The Morgan fingerprint density at radius 2 is 1.96 bits per heavy atom. The molecule has 10 heteroatoms. The molecule has 0 aliphatic carbocycles. The van der Waals surface area contributed by atoms with Gasteiger partial charge in [0.25, 0.3) is 11.6 Å². The van der Waals surface area contributed by atoms with Crippen molar-refractivity contribution in [3.8, 4) is 17.0 Å². The van der Waals surface area contributed by atoms with Crippen molar-refractivity contribution in [3.05, 3.63) is 57.9 Å². The van der Waals surface area contributed by atoms with Crippen molar-refractivity contribution in [2.75, 3.05) is 6.54 Å². The number of nitro groups is 1. The van der Waals surface area contributed by atoms with Crippen molar-refractivity contribution in [1.29, 1.82) is 0 Å². The Labute approximate surface area is 157 Å². The molecule has 0 unspecified atom stereocenters. The van der Waals surface area contributed by atoms with Gasteiger partial charge in [0.05, 0.1) is 21.8 Å². The van der Waals surface area contributed by atoms with Gasteiger partial charge in [-0.25, -0.2) is 9.97 Å². The first-order valence-corrected chi connectivity index (χ1v) is 8.03. The zero-order valence-corrected chi connectivity index (χ0v) is 14.5. The zero-order valence-electron chi connectivity index (χ0n) is 14.5. The Balaban J connectivity index is 2.06. The summed E-state index contributed by atoms with van der Waals surface area (Å²) >= 11 is 0. The Hall–Kier alpha value is -4.08. The molecule has 0 aliphatic rings. The number of hydrogen-bond donors (Lipinski definition) is 3. The fourth-order valence-electron chi connectivity index (χ4n) is 2.66. The minimum absolute atomic E-state index is 0.0810. The molecule has 3 N–H and O–H groups in total. The van der Waals surface area contributed by atoms with E-state index in [0.29, 0.717) is 22.5 Å². The molecule has 0 saturated heterocycles. The summed E-state index contributed by atoms with van der Waals surface area (Å²) < 4.78 is 0. The maximum atomic E-state index is 12.1. The van der Waals surface area contributed by atoms with Crippen LogP contribution in [0.1, 0.15) is 16.2 Å². The van der Waals surface area contributed by atoms with E-state index in [2.05, 4.69) is 15.3 Å². The van der Waals surface area contributed by atoms with Gasteiger partial charge in [-0.15, -0.1) is 0 Å². The third kappa shape index (κ3) is 3.56. The highest BCUT2D eigenvalue weighted by molar-refractivity contribution is 6.02. The minimum Gasteiger partial charge on any atom is -0.505 e. The van der Waals surface area contributed by atoms with Gasteiger partial charge in [-0.2, -0.15) is 0 Å². The number of aromatic nitrogens is 2. The quantitative estimate of drug-likeness (QED) is 0.447. The number of nitrogens with one attached hydrogen (secondary N) is 1. The van der Waals surface area contributed by atoms with Crippen molar-refractivity contribution in [3.63, 3.8) is 0 Å².